The van der Waals surface area contributed by atoms with Crippen molar-refractivity contribution in [1.82, 2.24) is 0 Å². The van der Waals surface area contributed by atoms with Gasteiger partial charge in [0, 0.05) is 5.56 Å². The van der Waals surface area contributed by atoms with Crippen LogP contribution in [0.5, 0.6) is 0 Å². The van der Waals surface area contributed by atoms with E-state index >= 15 is 0 Å². The molecule has 0 unspecified atom stereocenters. The van der Waals surface area contributed by atoms with Gasteiger partial charge in [-0.25, -0.2) is 0 Å². The Hall–Kier alpha value is -1.03. The summed E-state index contributed by atoms with van der Waals surface area (Å²) in [6, 6.07) is 3.27. The third-order valence-electron chi connectivity index (χ3n) is 1.58. The van der Waals surface area contributed by atoms with Gasteiger partial charge in [0.15, 0.2) is 0 Å². The van der Waals surface area contributed by atoms with Gasteiger partial charge in [0.1, 0.15) is 31.4 Å². The van der Waals surface area contributed by atoms with E-state index in [-0.39, 0.29) is 22.0 Å². The van der Waals surface area contributed by atoms with Crippen LogP contribution in [0.4, 0.5) is 0 Å². The average Bonchev–Trinajstić information content (AvgIpc) is 2.01. The van der Waals surface area contributed by atoms with E-state index in [0.29, 0.717) is 5.46 Å². The highest BCUT2D eigenvalue weighted by molar-refractivity contribution is 6.59. The maximum Gasteiger partial charge on any atom is 0.115 e. The normalized spacial score (nSPS) is 9.25. The van der Waals surface area contributed by atoms with Gasteiger partial charge in [-0.2, -0.15) is 5.26 Å². The van der Waals surface area contributed by atoms with Crippen molar-refractivity contribution in [3.8, 4) is 6.07 Å². The molecule has 1 aromatic rings. The van der Waals surface area contributed by atoms with Crippen LogP contribution in [0.1, 0.15) is 5.56 Å². The fraction of sp³-hybridized carbons (Fsp3) is 0. The van der Waals surface area contributed by atoms with Crippen molar-refractivity contribution < 1.29 is 0 Å². The Labute approximate surface area is 76.8 Å². The zero-order chi connectivity index (χ0) is 9.30. The van der Waals surface area contributed by atoms with Crippen LogP contribution in [0.2, 0.25) is 0 Å². The lowest BCUT2D eigenvalue weighted by atomic mass is 9.67. The van der Waals surface area contributed by atoms with Crippen molar-refractivity contribution in [1.29, 1.82) is 5.26 Å². The molecule has 0 saturated heterocycles. The van der Waals surface area contributed by atoms with Gasteiger partial charge in [-0.1, -0.05) is 17.0 Å². The Balaban J connectivity index is 3.54. The monoisotopic (exact) mass is 143 g/mol. The van der Waals surface area contributed by atoms with E-state index < -0.39 is 0 Å². The average molecular weight is 142 g/mol. The van der Waals surface area contributed by atoms with Gasteiger partial charge < -0.3 is 0 Å². The van der Waals surface area contributed by atoms with Gasteiger partial charge in [0.05, 0.1) is 6.07 Å². The summed E-state index contributed by atoms with van der Waals surface area (Å²) in [5, 5.41) is 8.61. The molecule has 0 fully saturated rings. The first-order chi connectivity index (χ1) is 5.57. The molecule has 0 atom stereocenters. The molecular weight excluding hydrogens is 141 g/mol. The van der Waals surface area contributed by atoms with E-state index in [1.807, 2.05) is 6.07 Å². The van der Waals surface area contributed by atoms with Crippen molar-refractivity contribution in [2.75, 3.05) is 0 Å². The Bertz CT molecular complexity index is 367. The summed E-state index contributed by atoms with van der Waals surface area (Å²) < 4.78 is 0. The zero-order valence-corrected chi connectivity index (χ0v) is 6.33. The molecule has 8 radical (unpaired) electrons. The second-order valence-corrected chi connectivity index (χ2v) is 2.37. The fourth-order valence-electron chi connectivity index (χ4n) is 0.888. The van der Waals surface area contributed by atoms with Crippen LogP contribution in [-0.4, -0.2) is 31.4 Å². The standard InChI is InChI=1S/C7HB4N/c8-4-1-5(9)7(11)6(10)3(4)2-12/h1H. The summed E-state index contributed by atoms with van der Waals surface area (Å²) in [7, 11) is 21.9. The summed E-state index contributed by atoms with van der Waals surface area (Å²) in [5.74, 6) is 0. The minimum absolute atomic E-state index is 0.148. The number of hydrogen-bond acceptors (Lipinski definition) is 1. The van der Waals surface area contributed by atoms with Crippen molar-refractivity contribution >= 4 is 53.2 Å². The summed E-state index contributed by atoms with van der Waals surface area (Å²) in [6.07, 6.45) is 0. The molecule has 1 aromatic carbocycles. The summed E-state index contributed by atoms with van der Waals surface area (Å²) in [5.41, 5.74) is 1.09. The molecule has 1 nitrogen and oxygen atoms in total. The van der Waals surface area contributed by atoms with E-state index in [2.05, 4.69) is 0 Å². The molecule has 0 aliphatic carbocycles. The van der Waals surface area contributed by atoms with Gasteiger partial charge in [-0.15, -0.1) is 10.9 Å². The molecule has 12 heavy (non-hydrogen) atoms. The second-order valence-electron chi connectivity index (χ2n) is 2.37. The van der Waals surface area contributed by atoms with Crippen LogP contribution in [0.25, 0.3) is 0 Å². The molecular formula is C7HB4N. The topological polar surface area (TPSA) is 23.8 Å². The van der Waals surface area contributed by atoms with Crippen LogP contribution in [-0.2, 0) is 0 Å². The van der Waals surface area contributed by atoms with Crippen LogP contribution in [0.15, 0.2) is 6.07 Å². The number of hydrogen-bond donors (Lipinski definition) is 0. The van der Waals surface area contributed by atoms with Crippen molar-refractivity contribution in [2.24, 2.45) is 0 Å². The summed E-state index contributed by atoms with van der Waals surface area (Å²) in [4.78, 5) is 0. The molecule has 0 heterocycles. The maximum atomic E-state index is 8.61. The molecule has 0 amide bonds. The summed E-state index contributed by atoms with van der Waals surface area (Å²) >= 11 is 0. The second kappa shape index (κ2) is 3.15. The Kier molecular flexibility index (Phi) is 2.37. The zero-order valence-electron chi connectivity index (χ0n) is 6.33. The lowest BCUT2D eigenvalue weighted by Gasteiger charge is -2.10. The van der Waals surface area contributed by atoms with Crippen LogP contribution < -0.4 is 21.9 Å². The minimum atomic E-state index is 0.148. The minimum Gasteiger partial charge on any atom is -0.192 e. The number of rotatable bonds is 0. The molecule has 0 bridgehead atoms. The molecule has 5 heteroatoms. The van der Waals surface area contributed by atoms with Crippen LogP contribution in [0.3, 0.4) is 0 Å². The molecule has 0 aliphatic rings. The van der Waals surface area contributed by atoms with Gasteiger partial charge in [0.25, 0.3) is 0 Å². The maximum absolute atomic E-state index is 8.61. The molecule has 0 N–H and O–H groups in total. The van der Waals surface area contributed by atoms with Crippen molar-refractivity contribution in [2.45, 2.75) is 0 Å². The van der Waals surface area contributed by atoms with E-state index in [1.165, 1.54) is 6.07 Å². The van der Waals surface area contributed by atoms with E-state index in [9.17, 15) is 0 Å². The van der Waals surface area contributed by atoms with Gasteiger partial charge >= 0.3 is 0 Å². The lowest BCUT2D eigenvalue weighted by Crippen LogP contribution is -2.44. The van der Waals surface area contributed by atoms with Crippen LogP contribution >= 0.6 is 0 Å². The highest BCUT2D eigenvalue weighted by Gasteiger charge is 2.04. The third-order valence-corrected chi connectivity index (χ3v) is 1.58. The number of nitriles is 1. The van der Waals surface area contributed by atoms with Crippen LogP contribution in [0, 0.1) is 11.3 Å². The molecule has 0 saturated carbocycles. The smallest absolute Gasteiger partial charge is 0.115 e. The molecule has 0 aliphatic heterocycles. The SMILES string of the molecule is [B]c1cc([B])c(C#N)c([B])c1[B]. The van der Waals surface area contributed by atoms with Gasteiger partial charge in [-0.05, 0) is 0 Å². The molecule has 0 spiro atoms. The Morgan fingerprint density at radius 1 is 1.00 bits per heavy atom. The highest BCUT2D eigenvalue weighted by Crippen LogP contribution is 1.81. The van der Waals surface area contributed by atoms with Crippen molar-refractivity contribution in [3.63, 3.8) is 0 Å². The van der Waals surface area contributed by atoms with Gasteiger partial charge in [0.2, 0.25) is 0 Å². The molecule has 46 valence electrons. The molecule has 1 rings (SSSR count). The lowest BCUT2D eigenvalue weighted by molar-refractivity contribution is 1.51. The Morgan fingerprint density at radius 3 is 2.08 bits per heavy atom. The largest absolute Gasteiger partial charge is 0.192 e. The highest BCUT2D eigenvalue weighted by atomic mass is 14.2. The third kappa shape index (κ3) is 1.30. The number of benzene rings is 1. The predicted molar refractivity (Wildman–Crippen MR) is 52.7 cm³/mol. The first kappa shape index (κ1) is 9.06. The van der Waals surface area contributed by atoms with Gasteiger partial charge in [-0.3, -0.25) is 0 Å². The first-order valence-corrected chi connectivity index (χ1v) is 3.21. The summed E-state index contributed by atoms with van der Waals surface area (Å²) in [6.45, 7) is 0. The van der Waals surface area contributed by atoms with E-state index in [4.69, 9.17) is 36.6 Å². The fourth-order valence-corrected chi connectivity index (χ4v) is 0.888. The number of nitrogens with zero attached hydrogens (tertiary/aromatic N) is 1. The van der Waals surface area contributed by atoms with Crippen molar-refractivity contribution in [3.05, 3.63) is 11.6 Å². The quantitative estimate of drug-likeness (QED) is 0.349. The van der Waals surface area contributed by atoms with E-state index in [1.54, 1.807) is 0 Å². The predicted octanol–water partition coefficient (Wildman–Crippen LogP) is -3.27. The molecule has 0 aromatic heterocycles. The van der Waals surface area contributed by atoms with E-state index in [0.717, 1.165) is 0 Å². The first-order valence-electron chi connectivity index (χ1n) is 3.21. The Morgan fingerprint density at radius 2 is 1.58 bits per heavy atom.